The van der Waals surface area contributed by atoms with E-state index in [4.69, 9.17) is 4.74 Å². The summed E-state index contributed by atoms with van der Waals surface area (Å²) in [6.45, 7) is 5.33. The van der Waals surface area contributed by atoms with Crippen LogP contribution < -0.4 is 20.7 Å². The number of amides is 1. The molecule has 3 N–H and O–H groups in total. The number of ether oxygens (including phenoxy) is 1. The van der Waals surface area contributed by atoms with Crippen LogP contribution in [0.4, 0.5) is 0 Å². The number of aliphatic imine (C=N–C) groups is 1. The molecule has 0 aliphatic rings. The van der Waals surface area contributed by atoms with Crippen molar-refractivity contribution < 1.29 is 9.53 Å². The summed E-state index contributed by atoms with van der Waals surface area (Å²) >= 11 is 0. The number of carbonyl (C=O) groups is 1. The van der Waals surface area contributed by atoms with E-state index in [1.54, 1.807) is 7.11 Å². The van der Waals surface area contributed by atoms with Gasteiger partial charge in [0.25, 0.3) is 5.91 Å². The lowest BCUT2D eigenvalue weighted by molar-refractivity contribution is 0.0951. The van der Waals surface area contributed by atoms with Gasteiger partial charge in [-0.25, -0.2) is 4.99 Å². The Hall–Kier alpha value is -2.33. The predicted molar refractivity (Wildman–Crippen MR) is 137 cm³/mol. The summed E-state index contributed by atoms with van der Waals surface area (Å²) < 4.78 is 5.27. The molecule has 0 aromatic heterocycles. The Labute approximate surface area is 202 Å². The van der Waals surface area contributed by atoms with Crippen LogP contribution in [0.3, 0.4) is 0 Å². The molecule has 170 valence electrons. The van der Waals surface area contributed by atoms with E-state index in [9.17, 15) is 4.79 Å². The lowest BCUT2D eigenvalue weighted by atomic mass is 10.1. The average Bonchev–Trinajstić information content (AvgIpc) is 2.75. The second kappa shape index (κ2) is 14.6. The Morgan fingerprint density at radius 1 is 1.03 bits per heavy atom. The molecule has 0 unspecified atom stereocenters. The second-order valence-electron chi connectivity index (χ2n) is 7.16. The Kier molecular flexibility index (Phi) is 12.6. The van der Waals surface area contributed by atoms with Crippen molar-refractivity contribution in [3.05, 3.63) is 65.2 Å². The summed E-state index contributed by atoms with van der Waals surface area (Å²) in [4.78, 5) is 19.0. The first kappa shape index (κ1) is 26.7. The van der Waals surface area contributed by atoms with Gasteiger partial charge in [0.2, 0.25) is 0 Å². The number of carbonyl (C=O) groups excluding carboxylic acids is 1. The topological polar surface area (TPSA) is 78.0 Å². The molecular weight excluding hydrogens is 505 g/mol. The number of halogens is 1. The summed E-state index contributed by atoms with van der Waals surface area (Å²) in [5.74, 6) is 1.49. The molecule has 7 nitrogen and oxygen atoms in total. The molecule has 31 heavy (non-hydrogen) atoms. The van der Waals surface area contributed by atoms with Gasteiger partial charge in [-0.1, -0.05) is 24.3 Å². The average molecular weight is 539 g/mol. The zero-order valence-corrected chi connectivity index (χ0v) is 21.1. The first-order valence-electron chi connectivity index (χ1n) is 10.2. The van der Waals surface area contributed by atoms with Gasteiger partial charge < -0.3 is 25.6 Å². The van der Waals surface area contributed by atoms with Gasteiger partial charge in [0.15, 0.2) is 5.96 Å². The summed E-state index contributed by atoms with van der Waals surface area (Å²) in [5, 5.41) is 9.52. The minimum absolute atomic E-state index is 0. The molecule has 0 spiro atoms. The molecule has 2 aromatic carbocycles. The maximum Gasteiger partial charge on any atom is 0.251 e. The lowest BCUT2D eigenvalue weighted by Crippen LogP contribution is -2.36. The van der Waals surface area contributed by atoms with E-state index in [0.29, 0.717) is 25.2 Å². The van der Waals surface area contributed by atoms with Crippen LogP contribution in [0.1, 0.15) is 28.4 Å². The van der Waals surface area contributed by atoms with E-state index in [1.165, 1.54) is 0 Å². The van der Waals surface area contributed by atoms with Crippen molar-refractivity contribution in [2.24, 2.45) is 4.99 Å². The van der Waals surface area contributed by atoms with E-state index in [-0.39, 0.29) is 29.9 Å². The molecule has 0 radical (unpaired) electrons. The molecule has 0 saturated carbocycles. The van der Waals surface area contributed by atoms with Crippen LogP contribution >= 0.6 is 24.0 Å². The molecule has 1 amide bonds. The van der Waals surface area contributed by atoms with Crippen LogP contribution in [-0.2, 0) is 13.1 Å². The molecule has 2 aromatic rings. The van der Waals surface area contributed by atoms with Crippen molar-refractivity contribution in [3.63, 3.8) is 0 Å². The van der Waals surface area contributed by atoms with E-state index >= 15 is 0 Å². The quantitative estimate of drug-likeness (QED) is 0.246. The van der Waals surface area contributed by atoms with Crippen molar-refractivity contribution >= 4 is 35.8 Å². The fourth-order valence-corrected chi connectivity index (χ4v) is 2.79. The van der Waals surface area contributed by atoms with Crippen molar-refractivity contribution in [2.75, 3.05) is 40.8 Å². The number of nitrogens with one attached hydrogen (secondary N) is 3. The third-order valence-electron chi connectivity index (χ3n) is 4.39. The van der Waals surface area contributed by atoms with Gasteiger partial charge >= 0.3 is 0 Å². The smallest absolute Gasteiger partial charge is 0.251 e. The summed E-state index contributed by atoms with van der Waals surface area (Å²) in [5.41, 5.74) is 2.74. The maximum atomic E-state index is 12.3. The van der Waals surface area contributed by atoms with Crippen molar-refractivity contribution in [3.8, 4) is 5.75 Å². The number of benzene rings is 2. The van der Waals surface area contributed by atoms with Crippen LogP contribution in [0.25, 0.3) is 0 Å². The van der Waals surface area contributed by atoms with Crippen LogP contribution in [-0.4, -0.2) is 57.6 Å². The van der Waals surface area contributed by atoms with Gasteiger partial charge in [0.05, 0.1) is 13.7 Å². The normalized spacial score (nSPS) is 10.9. The number of hydrogen-bond acceptors (Lipinski definition) is 4. The fraction of sp³-hybridized carbons (Fsp3) is 0.391. The van der Waals surface area contributed by atoms with Crippen molar-refractivity contribution in [1.82, 2.24) is 20.9 Å². The number of guanidine groups is 1. The Balaban J connectivity index is 0.00000480. The standard InChI is InChI=1S/C23H33N5O2.HI/c1-5-24-23(27-17-19-9-7-11-21(15-19)30-4)26-16-18-8-6-10-20(14-18)22(29)25-12-13-28(2)3;/h6-11,14-15H,5,12-13,16-17H2,1-4H3,(H,25,29)(H2,24,26,27);1H. The van der Waals surface area contributed by atoms with E-state index in [1.807, 2.05) is 74.4 Å². The van der Waals surface area contributed by atoms with Gasteiger partial charge in [-0.15, -0.1) is 24.0 Å². The highest BCUT2D eigenvalue weighted by Gasteiger charge is 2.06. The van der Waals surface area contributed by atoms with Gasteiger partial charge in [-0.05, 0) is 56.4 Å². The minimum Gasteiger partial charge on any atom is -0.497 e. The second-order valence-corrected chi connectivity index (χ2v) is 7.16. The third-order valence-corrected chi connectivity index (χ3v) is 4.39. The highest BCUT2D eigenvalue weighted by Crippen LogP contribution is 2.12. The molecule has 0 bridgehead atoms. The van der Waals surface area contributed by atoms with E-state index in [2.05, 4.69) is 20.9 Å². The molecule has 0 aliphatic carbocycles. The molecule has 2 rings (SSSR count). The highest BCUT2D eigenvalue weighted by molar-refractivity contribution is 14.0. The lowest BCUT2D eigenvalue weighted by Gasteiger charge is -2.12. The third kappa shape index (κ3) is 10.0. The molecule has 0 atom stereocenters. The molecule has 0 heterocycles. The number of likely N-dealkylation sites (N-methyl/N-ethyl adjacent to an activating group) is 1. The first-order valence-corrected chi connectivity index (χ1v) is 10.2. The predicted octanol–water partition coefficient (Wildman–Crippen LogP) is 2.86. The van der Waals surface area contributed by atoms with Gasteiger partial charge in [0.1, 0.15) is 5.75 Å². The fourth-order valence-electron chi connectivity index (χ4n) is 2.79. The van der Waals surface area contributed by atoms with Gasteiger partial charge in [-0.2, -0.15) is 0 Å². The van der Waals surface area contributed by atoms with Crippen LogP contribution in [0.5, 0.6) is 5.75 Å². The number of methoxy groups -OCH3 is 1. The summed E-state index contributed by atoms with van der Waals surface area (Å²) in [6.07, 6.45) is 0. The van der Waals surface area contributed by atoms with Crippen molar-refractivity contribution in [2.45, 2.75) is 20.0 Å². The maximum absolute atomic E-state index is 12.3. The molecule has 0 saturated heterocycles. The Morgan fingerprint density at radius 3 is 2.48 bits per heavy atom. The molecule has 8 heteroatoms. The minimum atomic E-state index is -0.0641. The molecule has 0 aliphatic heterocycles. The van der Waals surface area contributed by atoms with E-state index < -0.39 is 0 Å². The van der Waals surface area contributed by atoms with Gasteiger partial charge in [0, 0.05) is 31.7 Å². The largest absolute Gasteiger partial charge is 0.497 e. The van der Waals surface area contributed by atoms with Gasteiger partial charge in [-0.3, -0.25) is 4.79 Å². The van der Waals surface area contributed by atoms with Crippen LogP contribution in [0.2, 0.25) is 0 Å². The Morgan fingerprint density at radius 2 is 1.77 bits per heavy atom. The zero-order chi connectivity index (χ0) is 21.8. The SMILES string of the molecule is CCNC(=NCc1cccc(C(=O)NCCN(C)C)c1)NCc1cccc(OC)c1.I. The van der Waals surface area contributed by atoms with E-state index in [0.717, 1.165) is 35.9 Å². The van der Waals surface area contributed by atoms with Crippen molar-refractivity contribution in [1.29, 1.82) is 0 Å². The molecule has 0 fully saturated rings. The van der Waals surface area contributed by atoms with Crippen LogP contribution in [0.15, 0.2) is 53.5 Å². The number of hydrogen-bond donors (Lipinski definition) is 3. The number of rotatable bonds is 10. The van der Waals surface area contributed by atoms with Crippen LogP contribution in [0, 0.1) is 0 Å². The zero-order valence-electron chi connectivity index (χ0n) is 18.8. The first-order chi connectivity index (χ1) is 14.5. The monoisotopic (exact) mass is 539 g/mol. The summed E-state index contributed by atoms with van der Waals surface area (Å²) in [6, 6.07) is 15.5. The molecular formula is C23H34IN5O2. The summed E-state index contributed by atoms with van der Waals surface area (Å²) in [7, 11) is 5.62. The number of nitrogens with zero attached hydrogens (tertiary/aromatic N) is 2. The Bertz CT molecular complexity index is 842. The highest BCUT2D eigenvalue weighted by atomic mass is 127.